The highest BCUT2D eigenvalue weighted by Crippen LogP contribution is 2.08. The number of amides is 1. The fourth-order valence-electron chi connectivity index (χ4n) is 0.946. The van der Waals surface area contributed by atoms with Crippen LogP contribution >= 0.6 is 0 Å². The van der Waals surface area contributed by atoms with Crippen LogP contribution < -0.4 is 10.1 Å². The van der Waals surface area contributed by atoms with Crippen molar-refractivity contribution in [3.05, 3.63) is 18.4 Å². The van der Waals surface area contributed by atoms with E-state index in [9.17, 15) is 4.79 Å². The molecule has 1 amide bonds. The van der Waals surface area contributed by atoms with Crippen LogP contribution in [0.4, 0.5) is 4.79 Å². The van der Waals surface area contributed by atoms with E-state index < -0.39 is 0 Å². The van der Waals surface area contributed by atoms with Crippen molar-refractivity contribution >= 4 is 6.09 Å². The Morgan fingerprint density at radius 3 is 2.00 bits per heavy atom. The molecule has 0 saturated heterocycles. The minimum atomic E-state index is -0.390. The zero-order valence-corrected chi connectivity index (χ0v) is 17.4. The number of nitrogens with one attached hydrogen (secondary N) is 1. The maximum absolute atomic E-state index is 10.7. The summed E-state index contributed by atoms with van der Waals surface area (Å²) in [6.45, 7) is 21.0. The van der Waals surface area contributed by atoms with Crippen LogP contribution in [0.25, 0.3) is 0 Å². The molecule has 0 saturated carbocycles. The van der Waals surface area contributed by atoms with Crippen molar-refractivity contribution < 1.29 is 18.7 Å². The first-order valence-electron chi connectivity index (χ1n) is 8.75. The smallest absolute Gasteiger partial charge is 0.407 e. The quantitative estimate of drug-likeness (QED) is 0.741. The summed E-state index contributed by atoms with van der Waals surface area (Å²) < 4.78 is 14.8. The molecule has 0 spiro atoms. The largest absolute Gasteiger partial charge is 0.465 e. The molecule has 0 aliphatic carbocycles. The molecule has 24 heavy (non-hydrogen) atoms. The Labute approximate surface area is 149 Å². The summed E-state index contributed by atoms with van der Waals surface area (Å²) in [4.78, 5) is 10.7. The summed E-state index contributed by atoms with van der Waals surface area (Å²) in [5.41, 5.74) is -0.390. The zero-order chi connectivity index (χ0) is 19.6. The van der Waals surface area contributed by atoms with Crippen LogP contribution in [0.3, 0.4) is 0 Å². The third kappa shape index (κ3) is 28.5. The standard InChI is InChI=1S/C7H15NO2.C6H8O2.C4H10.C2H6/c1-5-8-6(9)10-7(2,3)4;1-2-7-6-4-3-5-8-6;1-4(2)3;1-2/h5H2,1-4H3,(H,8,9);3-5H,2H2,1H3;4H,1-3H3;1-2H3. The SMILES string of the molecule is CC.CC(C)C.CCNC(=O)OC(C)(C)C.CCOc1ccco1. The van der Waals surface area contributed by atoms with Crippen molar-refractivity contribution in [2.75, 3.05) is 13.2 Å². The van der Waals surface area contributed by atoms with Gasteiger partial charge in [0.25, 0.3) is 5.95 Å². The number of rotatable bonds is 3. The van der Waals surface area contributed by atoms with E-state index in [1.807, 2.05) is 48.5 Å². The van der Waals surface area contributed by atoms with Crippen LogP contribution in [-0.2, 0) is 4.74 Å². The van der Waals surface area contributed by atoms with Gasteiger partial charge in [0.2, 0.25) is 0 Å². The lowest BCUT2D eigenvalue weighted by atomic mass is 10.2. The number of furan rings is 1. The monoisotopic (exact) mass is 345 g/mol. The predicted octanol–water partition coefficient (Wildman–Crippen LogP) is 5.90. The van der Waals surface area contributed by atoms with Gasteiger partial charge in [-0.1, -0.05) is 34.6 Å². The van der Waals surface area contributed by atoms with Crippen LogP contribution in [0, 0.1) is 5.92 Å². The molecule has 1 N–H and O–H groups in total. The first kappa shape index (κ1) is 27.2. The summed E-state index contributed by atoms with van der Waals surface area (Å²) in [6, 6.07) is 3.58. The third-order valence-electron chi connectivity index (χ3n) is 1.50. The lowest BCUT2D eigenvalue weighted by Gasteiger charge is -2.19. The molecule has 0 fully saturated rings. The summed E-state index contributed by atoms with van der Waals surface area (Å²) >= 11 is 0. The average Bonchev–Trinajstić information content (AvgIpc) is 2.93. The van der Waals surface area contributed by atoms with Gasteiger partial charge in [0.1, 0.15) is 5.60 Å². The van der Waals surface area contributed by atoms with Crippen molar-refractivity contribution in [2.24, 2.45) is 5.92 Å². The maximum atomic E-state index is 10.7. The molecule has 0 aliphatic heterocycles. The van der Waals surface area contributed by atoms with E-state index in [2.05, 4.69) is 26.1 Å². The van der Waals surface area contributed by atoms with Gasteiger partial charge < -0.3 is 19.2 Å². The van der Waals surface area contributed by atoms with Crippen molar-refractivity contribution in [2.45, 2.75) is 74.8 Å². The van der Waals surface area contributed by atoms with Crippen LogP contribution in [0.5, 0.6) is 5.95 Å². The molecular weight excluding hydrogens is 306 g/mol. The second-order valence-corrected chi connectivity index (χ2v) is 6.13. The Kier molecular flexibility index (Phi) is 20.1. The minimum Gasteiger partial charge on any atom is -0.465 e. The Morgan fingerprint density at radius 1 is 1.21 bits per heavy atom. The Hall–Kier alpha value is -1.65. The number of ether oxygens (including phenoxy) is 2. The molecule has 5 heteroatoms. The molecule has 1 heterocycles. The van der Waals surface area contributed by atoms with Gasteiger partial charge in [0, 0.05) is 12.6 Å². The van der Waals surface area contributed by atoms with Gasteiger partial charge in [-0.2, -0.15) is 0 Å². The number of hydrogen-bond acceptors (Lipinski definition) is 4. The second-order valence-electron chi connectivity index (χ2n) is 6.13. The van der Waals surface area contributed by atoms with Crippen molar-refractivity contribution in [1.82, 2.24) is 5.32 Å². The molecule has 1 aromatic rings. The molecule has 0 radical (unpaired) electrons. The van der Waals surface area contributed by atoms with Crippen molar-refractivity contribution in [3.63, 3.8) is 0 Å². The van der Waals surface area contributed by atoms with Gasteiger partial charge >= 0.3 is 6.09 Å². The second kappa shape index (κ2) is 17.7. The van der Waals surface area contributed by atoms with Gasteiger partial charge in [-0.05, 0) is 46.6 Å². The summed E-state index contributed by atoms with van der Waals surface area (Å²) in [5, 5.41) is 2.54. The highest BCUT2D eigenvalue weighted by Gasteiger charge is 2.14. The van der Waals surface area contributed by atoms with Gasteiger partial charge in [-0.3, -0.25) is 0 Å². The average molecular weight is 346 g/mol. The molecule has 144 valence electrons. The fraction of sp³-hybridized carbons (Fsp3) is 0.737. The fourth-order valence-corrected chi connectivity index (χ4v) is 0.946. The zero-order valence-electron chi connectivity index (χ0n) is 17.4. The van der Waals surface area contributed by atoms with E-state index >= 15 is 0 Å². The molecule has 5 nitrogen and oxygen atoms in total. The highest BCUT2D eigenvalue weighted by atomic mass is 16.6. The molecule has 0 unspecified atom stereocenters. The van der Waals surface area contributed by atoms with Crippen molar-refractivity contribution in [3.8, 4) is 5.95 Å². The minimum absolute atomic E-state index is 0.352. The molecule has 1 rings (SSSR count). The number of hydrogen-bond donors (Lipinski definition) is 1. The summed E-state index contributed by atoms with van der Waals surface area (Å²) in [6.07, 6.45) is 1.24. The van der Waals surface area contributed by atoms with E-state index in [1.165, 1.54) is 0 Å². The van der Waals surface area contributed by atoms with E-state index in [0.717, 1.165) is 5.92 Å². The lowest BCUT2D eigenvalue weighted by molar-refractivity contribution is 0.0531. The first-order chi connectivity index (χ1) is 11.1. The van der Waals surface area contributed by atoms with E-state index in [1.54, 1.807) is 18.4 Å². The molecule has 1 aromatic heterocycles. The molecule has 0 aliphatic rings. The van der Waals surface area contributed by atoms with Crippen LogP contribution in [-0.4, -0.2) is 24.8 Å². The Bertz CT molecular complexity index is 351. The van der Waals surface area contributed by atoms with Crippen LogP contribution in [0.15, 0.2) is 22.8 Å². The number of alkyl carbamates (subject to hydrolysis) is 1. The number of carbonyl (C=O) groups is 1. The summed E-state index contributed by atoms with van der Waals surface area (Å²) in [5.74, 6) is 1.42. The molecule has 0 bridgehead atoms. The van der Waals surface area contributed by atoms with Crippen LogP contribution in [0.1, 0.15) is 69.2 Å². The normalized spacial score (nSPS) is 9.29. The van der Waals surface area contributed by atoms with E-state index in [-0.39, 0.29) is 11.7 Å². The van der Waals surface area contributed by atoms with Gasteiger partial charge in [-0.15, -0.1) is 0 Å². The highest BCUT2D eigenvalue weighted by molar-refractivity contribution is 5.67. The van der Waals surface area contributed by atoms with Gasteiger partial charge in [0.15, 0.2) is 0 Å². The van der Waals surface area contributed by atoms with Gasteiger partial charge in [0.05, 0.1) is 12.9 Å². The third-order valence-corrected chi connectivity index (χ3v) is 1.50. The predicted molar refractivity (Wildman–Crippen MR) is 102 cm³/mol. The van der Waals surface area contributed by atoms with Crippen LogP contribution in [0.2, 0.25) is 0 Å². The van der Waals surface area contributed by atoms with Crippen molar-refractivity contribution in [1.29, 1.82) is 0 Å². The Morgan fingerprint density at radius 2 is 1.71 bits per heavy atom. The molecule has 0 atom stereocenters. The van der Waals surface area contributed by atoms with Gasteiger partial charge in [-0.25, -0.2) is 4.79 Å². The maximum Gasteiger partial charge on any atom is 0.407 e. The van der Waals surface area contributed by atoms with E-state index in [0.29, 0.717) is 19.1 Å². The van der Waals surface area contributed by atoms with E-state index in [4.69, 9.17) is 13.9 Å². The molecule has 0 aromatic carbocycles. The topological polar surface area (TPSA) is 60.7 Å². The Balaban J connectivity index is -0.000000281. The first-order valence-corrected chi connectivity index (χ1v) is 8.75. The summed E-state index contributed by atoms with van der Waals surface area (Å²) in [7, 11) is 0. The lowest BCUT2D eigenvalue weighted by Crippen LogP contribution is -2.32. The number of carbonyl (C=O) groups excluding carboxylic acids is 1. The molecular formula is C19H39NO4.